The molecule has 0 saturated carbocycles. The highest BCUT2D eigenvalue weighted by Crippen LogP contribution is 2.27. The van der Waals surface area contributed by atoms with E-state index >= 15 is 0 Å². The number of carbonyl (C=O) groups excluding carboxylic acids is 2. The van der Waals surface area contributed by atoms with Crippen molar-refractivity contribution < 1.29 is 22.7 Å². The second-order valence-corrected chi connectivity index (χ2v) is 10.0. The lowest BCUT2D eigenvalue weighted by atomic mass is 10.1. The summed E-state index contributed by atoms with van der Waals surface area (Å²) in [6.07, 6.45) is 1.61. The number of rotatable bonds is 6. The monoisotopic (exact) mass is 470 g/mol. The molecule has 1 N–H and O–H groups in total. The number of fused-ring (bicyclic) bond motifs is 1. The zero-order valence-corrected chi connectivity index (χ0v) is 19.7. The Balaban J connectivity index is 1.87. The van der Waals surface area contributed by atoms with Crippen molar-refractivity contribution in [1.29, 1.82) is 0 Å². The number of hydrazone groups is 1. The Labute approximate surface area is 193 Å². The highest BCUT2D eigenvalue weighted by Gasteiger charge is 2.32. The first-order valence-corrected chi connectivity index (χ1v) is 11.7. The first kappa shape index (κ1) is 24.1. The molecule has 2 aromatic rings. The summed E-state index contributed by atoms with van der Waals surface area (Å²) in [5, 5.41) is 8.71. The maximum absolute atomic E-state index is 12.5. The van der Waals surface area contributed by atoms with Gasteiger partial charge in [0.1, 0.15) is 10.6 Å². The summed E-state index contributed by atoms with van der Waals surface area (Å²) in [5.74, 6) is -0.0593. The smallest absolute Gasteiger partial charge is 0.308 e. The third-order valence-corrected chi connectivity index (χ3v) is 5.74. The number of amides is 1. The maximum atomic E-state index is 12.5. The number of ether oxygens (including phenoxy) is 1. The van der Waals surface area contributed by atoms with Gasteiger partial charge in [-0.2, -0.15) is 13.5 Å². The van der Waals surface area contributed by atoms with Gasteiger partial charge in [-0.15, -0.1) is 4.40 Å². The molecule has 1 amide bonds. The zero-order valence-electron chi connectivity index (χ0n) is 18.9. The Bertz CT molecular complexity index is 1210. The lowest BCUT2D eigenvalue weighted by molar-refractivity contribution is -0.132. The van der Waals surface area contributed by atoms with E-state index < -0.39 is 21.5 Å². The van der Waals surface area contributed by atoms with Gasteiger partial charge in [-0.25, -0.2) is 5.01 Å². The number of hydrogen-bond acceptors (Lipinski definition) is 7. The number of nitrogens with one attached hydrogen (secondary N) is 1. The van der Waals surface area contributed by atoms with E-state index in [9.17, 15) is 18.0 Å². The molecule has 0 unspecified atom stereocenters. The van der Waals surface area contributed by atoms with Gasteiger partial charge in [0.25, 0.3) is 10.0 Å². The van der Waals surface area contributed by atoms with Crippen LogP contribution in [0.1, 0.15) is 45.2 Å². The van der Waals surface area contributed by atoms with Crippen molar-refractivity contribution in [3.63, 3.8) is 0 Å². The van der Waals surface area contributed by atoms with Crippen LogP contribution in [0.2, 0.25) is 0 Å². The molecule has 10 heteroatoms. The fourth-order valence-corrected chi connectivity index (χ4v) is 4.31. The van der Waals surface area contributed by atoms with E-state index in [1.165, 1.54) is 24.2 Å². The van der Waals surface area contributed by atoms with E-state index in [0.29, 0.717) is 16.9 Å². The predicted octanol–water partition coefficient (Wildman–Crippen LogP) is 2.70. The molecule has 0 bridgehead atoms. The van der Waals surface area contributed by atoms with Crippen LogP contribution in [-0.2, 0) is 19.6 Å². The fraction of sp³-hybridized carbons (Fsp3) is 0.304. The Morgan fingerprint density at radius 3 is 2.42 bits per heavy atom. The maximum Gasteiger partial charge on any atom is 0.308 e. The van der Waals surface area contributed by atoms with Gasteiger partial charge in [-0.3, -0.25) is 9.59 Å². The van der Waals surface area contributed by atoms with Crippen molar-refractivity contribution >= 4 is 33.9 Å². The second-order valence-electron chi connectivity index (χ2n) is 8.46. The van der Waals surface area contributed by atoms with Crippen LogP contribution in [-0.4, -0.2) is 49.4 Å². The number of carbonyl (C=O) groups is 2. The number of nitrogens with zero attached hydrogens (tertiary/aromatic N) is 3. The SMILES string of the molecule is CC(=O)Oc1ccc(/C=N\N(CCC(=O)NC(C)(C)C)C2=NS(=O)(=O)c3ccccc32)cc1. The number of amidine groups is 1. The van der Waals surface area contributed by atoms with Crippen LogP contribution < -0.4 is 10.1 Å². The summed E-state index contributed by atoms with van der Waals surface area (Å²) in [5.41, 5.74) is 0.719. The molecule has 33 heavy (non-hydrogen) atoms. The largest absolute Gasteiger partial charge is 0.427 e. The summed E-state index contributed by atoms with van der Waals surface area (Å²) in [4.78, 5) is 23.5. The van der Waals surface area contributed by atoms with Crippen LogP contribution >= 0.6 is 0 Å². The molecule has 1 aliphatic rings. The van der Waals surface area contributed by atoms with Gasteiger partial charge in [0.05, 0.1) is 12.8 Å². The van der Waals surface area contributed by atoms with Crippen LogP contribution in [0.4, 0.5) is 0 Å². The number of sulfonamides is 1. The van der Waals surface area contributed by atoms with E-state index in [2.05, 4.69) is 14.8 Å². The third-order valence-electron chi connectivity index (χ3n) is 4.41. The van der Waals surface area contributed by atoms with E-state index in [0.717, 1.165) is 0 Å². The highest BCUT2D eigenvalue weighted by molar-refractivity contribution is 7.90. The van der Waals surface area contributed by atoms with E-state index in [-0.39, 0.29) is 29.6 Å². The Morgan fingerprint density at radius 2 is 1.79 bits per heavy atom. The van der Waals surface area contributed by atoms with Crippen LogP contribution in [0.3, 0.4) is 0 Å². The molecule has 0 aromatic heterocycles. The molecule has 0 radical (unpaired) electrons. The van der Waals surface area contributed by atoms with Crippen LogP contribution in [0.5, 0.6) is 5.75 Å². The van der Waals surface area contributed by atoms with Crippen molar-refractivity contribution in [3.8, 4) is 5.75 Å². The van der Waals surface area contributed by atoms with Crippen molar-refractivity contribution in [2.75, 3.05) is 6.54 Å². The normalized spacial score (nSPS) is 14.5. The molecular formula is C23H26N4O5S. The van der Waals surface area contributed by atoms with Crippen LogP contribution in [0.15, 0.2) is 62.9 Å². The molecule has 174 valence electrons. The molecule has 0 fully saturated rings. The van der Waals surface area contributed by atoms with Gasteiger partial charge >= 0.3 is 5.97 Å². The molecule has 0 aliphatic carbocycles. The van der Waals surface area contributed by atoms with Gasteiger partial charge in [0.15, 0.2) is 5.84 Å². The van der Waals surface area contributed by atoms with Crippen molar-refractivity contribution in [1.82, 2.24) is 10.3 Å². The second kappa shape index (κ2) is 9.53. The summed E-state index contributed by atoms with van der Waals surface area (Å²) in [7, 11) is -3.84. The molecular weight excluding hydrogens is 444 g/mol. The average molecular weight is 471 g/mol. The topological polar surface area (TPSA) is 118 Å². The van der Waals surface area contributed by atoms with Gasteiger partial charge < -0.3 is 10.1 Å². The minimum atomic E-state index is -3.84. The Hall–Kier alpha value is -3.53. The molecule has 1 heterocycles. The van der Waals surface area contributed by atoms with Gasteiger partial charge in [-0.05, 0) is 62.7 Å². The molecule has 3 rings (SSSR count). The van der Waals surface area contributed by atoms with E-state index in [1.54, 1.807) is 42.5 Å². The first-order valence-electron chi connectivity index (χ1n) is 10.3. The molecule has 9 nitrogen and oxygen atoms in total. The lowest BCUT2D eigenvalue weighted by Gasteiger charge is -2.22. The first-order chi connectivity index (χ1) is 15.4. The van der Waals surface area contributed by atoms with Crippen molar-refractivity contribution in [2.45, 2.75) is 44.6 Å². The Morgan fingerprint density at radius 1 is 1.12 bits per heavy atom. The van der Waals surface area contributed by atoms with Gasteiger partial charge in [0.2, 0.25) is 5.91 Å². The predicted molar refractivity (Wildman–Crippen MR) is 125 cm³/mol. The summed E-state index contributed by atoms with van der Waals surface area (Å²) >= 11 is 0. The highest BCUT2D eigenvalue weighted by atomic mass is 32.2. The average Bonchev–Trinajstić information content (AvgIpc) is 2.99. The standard InChI is InChI=1S/C23H26N4O5S/c1-16(28)32-18-11-9-17(10-12-18)15-24-27(14-13-21(29)25-23(2,3)4)22-19-7-5-6-8-20(19)33(30,31)26-22/h5-12,15H,13-14H2,1-4H3,(H,25,29)/b24-15-. The van der Waals surface area contributed by atoms with Crippen molar-refractivity contribution in [2.24, 2.45) is 9.50 Å². The van der Waals surface area contributed by atoms with Gasteiger partial charge in [-0.1, -0.05) is 12.1 Å². The number of benzene rings is 2. The minimum absolute atomic E-state index is 0.0846. The summed E-state index contributed by atoms with van der Waals surface area (Å²) in [6.45, 7) is 7.07. The molecule has 2 aromatic carbocycles. The van der Waals surface area contributed by atoms with E-state index in [4.69, 9.17) is 4.74 Å². The number of esters is 1. The van der Waals surface area contributed by atoms with E-state index in [1.807, 2.05) is 20.8 Å². The summed E-state index contributed by atoms with van der Waals surface area (Å²) in [6, 6.07) is 13.1. The quantitative estimate of drug-likeness (QED) is 0.300. The molecule has 1 aliphatic heterocycles. The molecule has 0 saturated heterocycles. The number of hydrogen-bond donors (Lipinski definition) is 1. The minimum Gasteiger partial charge on any atom is -0.427 e. The lowest BCUT2D eigenvalue weighted by Crippen LogP contribution is -2.42. The Kier molecular flexibility index (Phi) is 6.97. The van der Waals surface area contributed by atoms with Crippen LogP contribution in [0, 0.1) is 0 Å². The van der Waals surface area contributed by atoms with Crippen LogP contribution in [0.25, 0.3) is 0 Å². The third kappa shape index (κ3) is 6.48. The molecule has 0 spiro atoms. The molecule has 0 atom stereocenters. The van der Waals surface area contributed by atoms with Crippen molar-refractivity contribution in [3.05, 3.63) is 59.7 Å². The fourth-order valence-electron chi connectivity index (χ4n) is 3.11. The summed E-state index contributed by atoms with van der Waals surface area (Å²) < 4.78 is 33.9. The van der Waals surface area contributed by atoms with Gasteiger partial charge in [0, 0.05) is 24.4 Å². The zero-order chi connectivity index (χ0) is 24.2.